The van der Waals surface area contributed by atoms with Gasteiger partial charge in [-0.05, 0) is 30.7 Å². The first-order chi connectivity index (χ1) is 10.5. The van der Waals surface area contributed by atoms with Gasteiger partial charge in [-0.15, -0.1) is 6.58 Å². The Hall–Kier alpha value is -2.20. The van der Waals surface area contributed by atoms with Gasteiger partial charge in [0.05, 0.1) is 5.52 Å². The maximum Gasteiger partial charge on any atom is 0.411 e. The molecule has 4 nitrogen and oxygen atoms in total. The lowest BCUT2D eigenvalue weighted by molar-refractivity contribution is 0.104. The summed E-state index contributed by atoms with van der Waals surface area (Å²) in [6.07, 6.45) is 5.10. The number of nitrogens with zero attached hydrogens (tertiary/aromatic N) is 2. The molecule has 2 aromatic heterocycles. The van der Waals surface area contributed by atoms with Gasteiger partial charge in [0, 0.05) is 31.0 Å². The van der Waals surface area contributed by atoms with Crippen molar-refractivity contribution < 1.29 is 9.53 Å². The molecule has 116 valence electrons. The van der Waals surface area contributed by atoms with Crippen LogP contribution in [0.1, 0.15) is 12.5 Å². The van der Waals surface area contributed by atoms with Crippen molar-refractivity contribution in [3.8, 4) is 0 Å². The minimum absolute atomic E-state index is 0.350. The molecule has 0 aliphatic heterocycles. The summed E-state index contributed by atoms with van der Waals surface area (Å²) >= 11 is 5.71. The molecule has 5 heteroatoms. The summed E-state index contributed by atoms with van der Waals surface area (Å²) in [6, 6.07) is 7.93. The molecule has 1 atom stereocenters. The fraction of sp³-hybridized carbons (Fsp3) is 0.235. The molecule has 0 aliphatic carbocycles. The summed E-state index contributed by atoms with van der Waals surface area (Å²) < 4.78 is 7.04. The quantitative estimate of drug-likeness (QED) is 0.592. The predicted molar refractivity (Wildman–Crippen MR) is 90.0 cm³/mol. The third-order valence-corrected chi connectivity index (χ3v) is 3.29. The smallest absolute Gasteiger partial charge is 0.411 e. The number of amides is 1. The van der Waals surface area contributed by atoms with Gasteiger partial charge in [0.25, 0.3) is 0 Å². The van der Waals surface area contributed by atoms with Crippen molar-refractivity contribution in [2.45, 2.75) is 12.5 Å². The first-order valence-corrected chi connectivity index (χ1v) is 7.41. The first kappa shape index (κ1) is 16.2. The molecule has 0 aromatic carbocycles. The zero-order valence-corrected chi connectivity index (χ0v) is 13.3. The summed E-state index contributed by atoms with van der Waals surface area (Å²) in [7, 11) is 0. The number of halogens is 1. The van der Waals surface area contributed by atoms with E-state index in [1.807, 2.05) is 41.1 Å². The number of alkyl halides is 1. The van der Waals surface area contributed by atoms with E-state index in [1.165, 1.54) is 4.90 Å². The molecule has 2 aromatic rings. The fourth-order valence-corrected chi connectivity index (χ4v) is 2.32. The Morgan fingerprint density at radius 2 is 2.23 bits per heavy atom. The van der Waals surface area contributed by atoms with Crippen LogP contribution in [0, 0.1) is 0 Å². The number of pyridine rings is 1. The summed E-state index contributed by atoms with van der Waals surface area (Å²) in [5, 5.41) is 0. The second-order valence-corrected chi connectivity index (χ2v) is 5.54. The Bertz CT molecular complexity index is 691. The van der Waals surface area contributed by atoms with Crippen LogP contribution in [0.25, 0.3) is 11.1 Å². The van der Waals surface area contributed by atoms with Gasteiger partial charge >= 0.3 is 6.09 Å². The molecule has 1 unspecified atom stereocenters. The zero-order valence-electron chi connectivity index (χ0n) is 12.5. The highest BCUT2D eigenvalue weighted by Crippen LogP contribution is 2.21. The molecule has 0 N–H and O–H groups in total. The number of rotatable bonds is 6. The van der Waals surface area contributed by atoms with E-state index >= 15 is 0 Å². The number of ether oxygens (including phenoxy) is 1. The summed E-state index contributed by atoms with van der Waals surface area (Å²) in [6.45, 7) is 10.1. The second-order valence-electron chi connectivity index (χ2n) is 4.92. The Labute approximate surface area is 135 Å². The van der Waals surface area contributed by atoms with E-state index in [4.69, 9.17) is 16.3 Å². The van der Waals surface area contributed by atoms with Crippen LogP contribution in [-0.4, -0.2) is 34.0 Å². The maximum absolute atomic E-state index is 12.0. The van der Waals surface area contributed by atoms with Gasteiger partial charge in [-0.1, -0.05) is 30.3 Å². The number of hydrogen-bond donors (Lipinski definition) is 0. The summed E-state index contributed by atoms with van der Waals surface area (Å²) in [5.41, 5.74) is 2.20. The molecule has 0 fully saturated rings. The molecular weight excluding hydrogens is 300 g/mol. The third kappa shape index (κ3) is 3.71. The molecule has 0 saturated heterocycles. The number of carbonyl (C=O) groups excluding carboxylic acids is 1. The van der Waals surface area contributed by atoms with E-state index in [0.29, 0.717) is 13.1 Å². The Kier molecular flexibility index (Phi) is 5.28. The minimum Gasteiger partial charge on any atom is -0.430 e. The van der Waals surface area contributed by atoms with Crippen molar-refractivity contribution >= 4 is 28.8 Å². The van der Waals surface area contributed by atoms with Gasteiger partial charge in [0.1, 0.15) is 0 Å². The Morgan fingerprint density at radius 3 is 2.91 bits per heavy atom. The summed E-state index contributed by atoms with van der Waals surface area (Å²) in [5.74, 6) is 0. The molecule has 0 aliphatic rings. The molecule has 0 radical (unpaired) electrons. The van der Waals surface area contributed by atoms with Crippen molar-refractivity contribution in [1.29, 1.82) is 0 Å². The van der Waals surface area contributed by atoms with Gasteiger partial charge < -0.3 is 14.0 Å². The fourth-order valence-electron chi connectivity index (χ4n) is 2.24. The zero-order chi connectivity index (χ0) is 16.1. The lowest BCUT2D eigenvalue weighted by atomic mass is 10.1. The molecule has 2 heterocycles. The van der Waals surface area contributed by atoms with Gasteiger partial charge in [0.15, 0.2) is 5.56 Å². The van der Waals surface area contributed by atoms with E-state index in [-0.39, 0.29) is 0 Å². The van der Waals surface area contributed by atoms with Crippen molar-refractivity contribution in [3.63, 3.8) is 0 Å². The average molecular weight is 319 g/mol. The van der Waals surface area contributed by atoms with Crippen LogP contribution < -0.4 is 0 Å². The van der Waals surface area contributed by atoms with Gasteiger partial charge in [-0.25, -0.2) is 4.79 Å². The standard InChI is InChI=1S/C17H19ClN2O2/c1-4-9-20(17(21)22-14(3)18)12-13(2)15-8-11-19-10-6-5-7-16(15)19/h4-8,10-11,14H,1-2,9,12H2,3H3. The highest BCUT2D eigenvalue weighted by atomic mass is 35.5. The highest BCUT2D eigenvalue weighted by molar-refractivity contribution is 6.19. The third-order valence-electron chi connectivity index (χ3n) is 3.20. The van der Waals surface area contributed by atoms with E-state index in [2.05, 4.69) is 13.2 Å². The number of fused-ring (bicyclic) bond motifs is 1. The number of hydrogen-bond acceptors (Lipinski definition) is 2. The highest BCUT2D eigenvalue weighted by Gasteiger charge is 2.18. The lowest BCUT2D eigenvalue weighted by Crippen LogP contribution is -2.34. The van der Waals surface area contributed by atoms with Crippen LogP contribution in [0.3, 0.4) is 0 Å². The Morgan fingerprint density at radius 1 is 1.45 bits per heavy atom. The molecule has 0 bridgehead atoms. The van der Waals surface area contributed by atoms with Gasteiger partial charge in [-0.2, -0.15) is 0 Å². The van der Waals surface area contributed by atoms with E-state index in [9.17, 15) is 4.79 Å². The van der Waals surface area contributed by atoms with Crippen molar-refractivity contribution in [2.24, 2.45) is 0 Å². The molecule has 0 spiro atoms. The van der Waals surface area contributed by atoms with Crippen LogP contribution in [-0.2, 0) is 4.74 Å². The topological polar surface area (TPSA) is 34.0 Å². The molecule has 1 amide bonds. The maximum atomic E-state index is 12.0. The van der Waals surface area contributed by atoms with Crippen LogP contribution in [0.2, 0.25) is 0 Å². The normalized spacial score (nSPS) is 11.9. The lowest BCUT2D eigenvalue weighted by Gasteiger charge is -2.22. The largest absolute Gasteiger partial charge is 0.430 e. The second kappa shape index (κ2) is 7.18. The van der Waals surface area contributed by atoms with E-state index < -0.39 is 11.7 Å². The summed E-state index contributed by atoms with van der Waals surface area (Å²) in [4.78, 5) is 13.6. The van der Waals surface area contributed by atoms with E-state index in [0.717, 1.165) is 16.7 Å². The first-order valence-electron chi connectivity index (χ1n) is 6.97. The monoisotopic (exact) mass is 318 g/mol. The average Bonchev–Trinajstić information content (AvgIpc) is 2.90. The van der Waals surface area contributed by atoms with Gasteiger partial charge in [0.2, 0.25) is 0 Å². The molecular formula is C17H19ClN2O2. The SMILES string of the molecule is C=CCN(CC(=C)c1ccn2ccccc12)C(=O)OC(C)Cl. The van der Waals surface area contributed by atoms with Crippen molar-refractivity contribution in [1.82, 2.24) is 9.30 Å². The minimum atomic E-state index is -0.677. The van der Waals surface area contributed by atoms with Crippen LogP contribution in [0.15, 0.2) is 55.9 Å². The Balaban J connectivity index is 2.17. The molecule has 2 rings (SSSR count). The predicted octanol–water partition coefficient (Wildman–Crippen LogP) is 4.16. The van der Waals surface area contributed by atoms with Crippen molar-refractivity contribution in [3.05, 3.63) is 61.5 Å². The number of carbonyl (C=O) groups is 1. The van der Waals surface area contributed by atoms with Crippen LogP contribution in [0.4, 0.5) is 4.79 Å². The van der Waals surface area contributed by atoms with Crippen LogP contribution in [0.5, 0.6) is 0 Å². The van der Waals surface area contributed by atoms with E-state index in [1.54, 1.807) is 13.0 Å². The number of aromatic nitrogens is 1. The van der Waals surface area contributed by atoms with Crippen molar-refractivity contribution in [2.75, 3.05) is 13.1 Å². The van der Waals surface area contributed by atoms with Gasteiger partial charge in [-0.3, -0.25) is 0 Å². The molecule has 22 heavy (non-hydrogen) atoms. The van der Waals surface area contributed by atoms with Crippen LogP contribution >= 0.6 is 11.6 Å². The molecule has 0 saturated carbocycles.